The summed E-state index contributed by atoms with van der Waals surface area (Å²) in [6, 6.07) is 3.13. The smallest absolute Gasteiger partial charge is 0.326 e. The number of fused-ring (bicyclic) bond motifs is 1. The van der Waals surface area contributed by atoms with Gasteiger partial charge in [-0.25, -0.2) is 9.78 Å². The molecule has 0 aliphatic rings. The molecule has 1 atom stereocenters. The molecule has 0 saturated heterocycles. The number of nitrogens with one attached hydrogen (secondary N) is 2. The van der Waals surface area contributed by atoms with Gasteiger partial charge in [0, 0.05) is 5.56 Å². The summed E-state index contributed by atoms with van der Waals surface area (Å²) in [5.41, 5.74) is 1.52. The van der Waals surface area contributed by atoms with Gasteiger partial charge in [0.1, 0.15) is 6.04 Å². The molecule has 1 aromatic carbocycles. The molecule has 0 radical (unpaired) electrons. The first kappa shape index (κ1) is 13.5. The van der Waals surface area contributed by atoms with Crippen molar-refractivity contribution < 1.29 is 24.6 Å². The number of hydrogen-bond acceptors (Lipinski definition) is 4. The van der Waals surface area contributed by atoms with E-state index in [-0.39, 0.29) is 5.56 Å². The number of aromatic nitrogens is 2. The Labute approximate surface area is 112 Å². The van der Waals surface area contributed by atoms with Crippen LogP contribution in [-0.2, 0) is 9.59 Å². The van der Waals surface area contributed by atoms with E-state index < -0.39 is 30.3 Å². The quantitative estimate of drug-likeness (QED) is 0.618. The lowest BCUT2D eigenvalue weighted by Crippen LogP contribution is -2.42. The highest BCUT2D eigenvalue weighted by molar-refractivity contribution is 5.99. The van der Waals surface area contributed by atoms with E-state index in [1.807, 2.05) is 0 Å². The molecule has 0 aliphatic heterocycles. The standard InChI is InChI=1S/C12H11N3O5/c16-10(17)4-9(12(19)20)15-11(18)6-1-2-7-8(3-6)14-5-13-7/h1-3,5,9H,4H2,(H,13,14)(H,15,18)(H,16,17)(H,19,20). The summed E-state index contributed by atoms with van der Waals surface area (Å²) in [6.07, 6.45) is 0.782. The summed E-state index contributed by atoms with van der Waals surface area (Å²) in [5, 5.41) is 19.6. The van der Waals surface area contributed by atoms with Crippen molar-refractivity contribution >= 4 is 28.9 Å². The van der Waals surface area contributed by atoms with E-state index in [4.69, 9.17) is 10.2 Å². The third-order valence-corrected chi connectivity index (χ3v) is 2.66. The number of carboxylic acid groups (broad SMARTS) is 2. The van der Waals surface area contributed by atoms with Crippen LogP contribution in [0.25, 0.3) is 11.0 Å². The van der Waals surface area contributed by atoms with Gasteiger partial charge < -0.3 is 20.5 Å². The Morgan fingerprint density at radius 1 is 1.30 bits per heavy atom. The second kappa shape index (κ2) is 5.39. The molecule has 0 fully saturated rings. The molecule has 0 aliphatic carbocycles. The third-order valence-electron chi connectivity index (χ3n) is 2.66. The van der Waals surface area contributed by atoms with Crippen LogP contribution in [0.3, 0.4) is 0 Å². The molecule has 0 spiro atoms. The molecule has 0 saturated carbocycles. The minimum Gasteiger partial charge on any atom is -0.481 e. The maximum atomic E-state index is 11.9. The molecule has 20 heavy (non-hydrogen) atoms. The van der Waals surface area contributed by atoms with Crippen molar-refractivity contribution in [3.05, 3.63) is 30.1 Å². The number of benzene rings is 1. The summed E-state index contributed by atoms with van der Waals surface area (Å²) in [4.78, 5) is 40.1. The Kier molecular flexibility index (Phi) is 3.65. The van der Waals surface area contributed by atoms with Gasteiger partial charge >= 0.3 is 11.9 Å². The number of H-pyrrole nitrogens is 1. The normalized spacial score (nSPS) is 12.0. The van der Waals surface area contributed by atoms with Gasteiger partial charge in [0.25, 0.3) is 5.91 Å². The van der Waals surface area contributed by atoms with Gasteiger partial charge in [0.2, 0.25) is 0 Å². The minimum absolute atomic E-state index is 0.221. The second-order valence-electron chi connectivity index (χ2n) is 4.10. The van der Waals surface area contributed by atoms with E-state index in [9.17, 15) is 14.4 Å². The van der Waals surface area contributed by atoms with Gasteiger partial charge in [-0.1, -0.05) is 0 Å². The molecule has 4 N–H and O–H groups in total. The van der Waals surface area contributed by atoms with Crippen LogP contribution in [0.1, 0.15) is 16.8 Å². The number of aliphatic carboxylic acids is 2. The Balaban J connectivity index is 2.17. The second-order valence-corrected chi connectivity index (χ2v) is 4.10. The lowest BCUT2D eigenvalue weighted by Gasteiger charge is -2.12. The fraction of sp³-hybridized carbons (Fsp3) is 0.167. The zero-order chi connectivity index (χ0) is 14.7. The SMILES string of the molecule is O=C(O)CC(NC(=O)c1ccc2nc[nH]c2c1)C(=O)O. The predicted molar refractivity (Wildman–Crippen MR) is 67.2 cm³/mol. The van der Waals surface area contributed by atoms with Crippen LogP contribution in [0.4, 0.5) is 0 Å². The Bertz CT molecular complexity index is 679. The molecule has 104 valence electrons. The zero-order valence-electron chi connectivity index (χ0n) is 10.2. The van der Waals surface area contributed by atoms with Gasteiger partial charge in [-0.3, -0.25) is 9.59 Å². The van der Waals surface area contributed by atoms with Crippen LogP contribution in [0.2, 0.25) is 0 Å². The van der Waals surface area contributed by atoms with Crippen molar-refractivity contribution in [2.45, 2.75) is 12.5 Å². The van der Waals surface area contributed by atoms with Crippen molar-refractivity contribution in [3.8, 4) is 0 Å². The van der Waals surface area contributed by atoms with Crippen LogP contribution >= 0.6 is 0 Å². The first-order chi connectivity index (χ1) is 9.47. The Hall–Kier alpha value is -2.90. The largest absolute Gasteiger partial charge is 0.481 e. The number of carbonyl (C=O) groups is 3. The molecule has 8 nitrogen and oxygen atoms in total. The van der Waals surface area contributed by atoms with Crippen molar-refractivity contribution in [3.63, 3.8) is 0 Å². The van der Waals surface area contributed by atoms with E-state index in [0.29, 0.717) is 11.0 Å². The molecule has 2 rings (SSSR count). The lowest BCUT2D eigenvalue weighted by atomic mass is 10.1. The van der Waals surface area contributed by atoms with E-state index >= 15 is 0 Å². The van der Waals surface area contributed by atoms with E-state index in [0.717, 1.165) is 0 Å². The fourth-order valence-electron chi connectivity index (χ4n) is 1.69. The van der Waals surface area contributed by atoms with Crippen molar-refractivity contribution in [2.24, 2.45) is 0 Å². The Morgan fingerprint density at radius 3 is 2.70 bits per heavy atom. The van der Waals surface area contributed by atoms with Crippen LogP contribution in [0.5, 0.6) is 0 Å². The van der Waals surface area contributed by atoms with Crippen molar-refractivity contribution in [1.29, 1.82) is 0 Å². The summed E-state index contributed by atoms with van der Waals surface area (Å²) >= 11 is 0. The van der Waals surface area contributed by atoms with Gasteiger partial charge in [0.05, 0.1) is 23.8 Å². The molecular weight excluding hydrogens is 266 g/mol. The summed E-state index contributed by atoms with van der Waals surface area (Å²) < 4.78 is 0. The monoisotopic (exact) mass is 277 g/mol. The van der Waals surface area contributed by atoms with Crippen molar-refractivity contribution in [2.75, 3.05) is 0 Å². The minimum atomic E-state index is -1.47. The molecule has 1 unspecified atom stereocenters. The number of carbonyl (C=O) groups excluding carboxylic acids is 1. The van der Waals surface area contributed by atoms with Gasteiger partial charge in [0.15, 0.2) is 0 Å². The first-order valence-corrected chi connectivity index (χ1v) is 5.66. The van der Waals surface area contributed by atoms with Crippen LogP contribution in [-0.4, -0.2) is 44.1 Å². The lowest BCUT2D eigenvalue weighted by molar-refractivity contribution is -0.145. The predicted octanol–water partition coefficient (Wildman–Crippen LogP) is 0.221. The van der Waals surface area contributed by atoms with Gasteiger partial charge in [-0.05, 0) is 18.2 Å². The van der Waals surface area contributed by atoms with Gasteiger partial charge in [-0.15, -0.1) is 0 Å². The molecule has 1 amide bonds. The van der Waals surface area contributed by atoms with E-state index in [2.05, 4.69) is 15.3 Å². The first-order valence-electron chi connectivity index (χ1n) is 5.66. The maximum absolute atomic E-state index is 11.9. The average molecular weight is 277 g/mol. The highest BCUT2D eigenvalue weighted by Crippen LogP contribution is 2.11. The Morgan fingerprint density at radius 2 is 2.05 bits per heavy atom. The summed E-state index contributed by atoms with van der Waals surface area (Å²) in [5.74, 6) is -3.36. The third kappa shape index (κ3) is 2.91. The summed E-state index contributed by atoms with van der Waals surface area (Å²) in [7, 11) is 0. The number of aromatic amines is 1. The number of rotatable bonds is 5. The number of nitrogens with zero attached hydrogens (tertiary/aromatic N) is 1. The maximum Gasteiger partial charge on any atom is 0.326 e. The molecule has 2 aromatic rings. The van der Waals surface area contributed by atoms with Crippen molar-refractivity contribution in [1.82, 2.24) is 15.3 Å². The number of amides is 1. The number of imidazole rings is 1. The topological polar surface area (TPSA) is 132 Å². The average Bonchev–Trinajstić information content (AvgIpc) is 2.84. The van der Waals surface area contributed by atoms with Gasteiger partial charge in [-0.2, -0.15) is 0 Å². The fourth-order valence-corrected chi connectivity index (χ4v) is 1.69. The highest BCUT2D eigenvalue weighted by atomic mass is 16.4. The number of carboxylic acids is 2. The molecule has 1 aromatic heterocycles. The number of hydrogen-bond donors (Lipinski definition) is 4. The van der Waals surface area contributed by atoms with Crippen LogP contribution < -0.4 is 5.32 Å². The van der Waals surface area contributed by atoms with Crippen LogP contribution in [0.15, 0.2) is 24.5 Å². The van der Waals surface area contributed by atoms with Crippen LogP contribution in [0, 0.1) is 0 Å². The summed E-state index contributed by atoms with van der Waals surface area (Å²) in [6.45, 7) is 0. The molecular formula is C12H11N3O5. The zero-order valence-corrected chi connectivity index (χ0v) is 10.2. The van der Waals surface area contributed by atoms with E-state index in [1.165, 1.54) is 18.5 Å². The molecule has 1 heterocycles. The van der Waals surface area contributed by atoms with E-state index in [1.54, 1.807) is 6.07 Å². The highest BCUT2D eigenvalue weighted by Gasteiger charge is 2.23. The molecule has 8 heteroatoms. The molecule has 0 bridgehead atoms.